The average Bonchev–Trinajstić information content (AvgIpc) is 3.31. The van der Waals surface area contributed by atoms with Gasteiger partial charge in [-0.3, -0.25) is 4.79 Å². The van der Waals surface area contributed by atoms with Gasteiger partial charge in [0, 0.05) is 24.5 Å². The highest BCUT2D eigenvalue weighted by Crippen LogP contribution is 2.39. The van der Waals surface area contributed by atoms with Crippen LogP contribution in [0, 0.1) is 0 Å². The number of amides is 1. The first-order chi connectivity index (χ1) is 11.7. The lowest BCUT2D eigenvalue weighted by atomic mass is 10.0. The van der Waals surface area contributed by atoms with E-state index >= 15 is 0 Å². The molecular formula is C18H23N3O3. The predicted molar refractivity (Wildman–Crippen MR) is 90.2 cm³/mol. The van der Waals surface area contributed by atoms with E-state index in [1.54, 1.807) is 26.7 Å². The van der Waals surface area contributed by atoms with E-state index in [2.05, 4.69) is 4.98 Å². The van der Waals surface area contributed by atoms with Crippen molar-refractivity contribution in [3.8, 4) is 11.5 Å². The van der Waals surface area contributed by atoms with Crippen LogP contribution >= 0.6 is 0 Å². The van der Waals surface area contributed by atoms with Gasteiger partial charge in [0.1, 0.15) is 17.5 Å². The lowest BCUT2D eigenvalue weighted by Gasteiger charge is -2.29. The normalized spacial score (nSPS) is 18.5. The number of rotatable bonds is 5. The molecule has 2 aromatic rings. The van der Waals surface area contributed by atoms with Gasteiger partial charge in [0.15, 0.2) is 0 Å². The van der Waals surface area contributed by atoms with Crippen LogP contribution in [-0.4, -0.2) is 41.1 Å². The molecule has 6 nitrogen and oxygen atoms in total. The summed E-state index contributed by atoms with van der Waals surface area (Å²) in [6.07, 6.45) is 7.09. The van der Waals surface area contributed by atoms with Gasteiger partial charge in [-0.05, 0) is 38.0 Å². The number of likely N-dealkylation sites (tertiary alicyclic amines) is 1. The number of hydrogen-bond donors (Lipinski definition) is 0. The maximum Gasteiger partial charge on any atom is 0.245 e. The highest BCUT2D eigenvalue weighted by atomic mass is 16.5. The van der Waals surface area contributed by atoms with Gasteiger partial charge >= 0.3 is 0 Å². The summed E-state index contributed by atoms with van der Waals surface area (Å²) in [6.45, 7) is 2.66. The lowest BCUT2D eigenvalue weighted by Crippen LogP contribution is -2.35. The van der Waals surface area contributed by atoms with Crippen LogP contribution in [0.3, 0.4) is 0 Å². The summed E-state index contributed by atoms with van der Waals surface area (Å²) in [7, 11) is 3.30. The second-order valence-corrected chi connectivity index (χ2v) is 5.98. The van der Waals surface area contributed by atoms with Gasteiger partial charge in [0.2, 0.25) is 5.91 Å². The molecule has 0 unspecified atom stereocenters. The molecule has 0 spiro atoms. The minimum atomic E-state index is -0.273. The summed E-state index contributed by atoms with van der Waals surface area (Å²) < 4.78 is 12.7. The monoisotopic (exact) mass is 329 g/mol. The SMILES string of the molecule is COc1ccc(OC)c([C@@H]2CCCN2C(=O)[C@@H](C)n2ccnc2)c1. The molecule has 3 rings (SSSR count). The summed E-state index contributed by atoms with van der Waals surface area (Å²) in [4.78, 5) is 19.0. The molecule has 128 valence electrons. The Kier molecular flexibility index (Phi) is 4.74. The van der Waals surface area contributed by atoms with E-state index < -0.39 is 0 Å². The van der Waals surface area contributed by atoms with E-state index in [-0.39, 0.29) is 18.0 Å². The molecule has 24 heavy (non-hydrogen) atoms. The Balaban J connectivity index is 1.89. The van der Waals surface area contributed by atoms with Crippen molar-refractivity contribution in [2.45, 2.75) is 31.8 Å². The molecular weight excluding hydrogens is 306 g/mol. The van der Waals surface area contributed by atoms with E-state index in [9.17, 15) is 4.79 Å². The second kappa shape index (κ2) is 6.95. The van der Waals surface area contributed by atoms with Crippen molar-refractivity contribution in [2.24, 2.45) is 0 Å². The highest BCUT2D eigenvalue weighted by molar-refractivity contribution is 5.81. The fourth-order valence-electron chi connectivity index (χ4n) is 3.32. The van der Waals surface area contributed by atoms with Crippen molar-refractivity contribution in [3.05, 3.63) is 42.5 Å². The van der Waals surface area contributed by atoms with Gasteiger partial charge < -0.3 is 18.9 Å². The number of hydrogen-bond acceptors (Lipinski definition) is 4. The molecule has 1 fully saturated rings. The van der Waals surface area contributed by atoms with Crippen LogP contribution in [-0.2, 0) is 4.79 Å². The van der Waals surface area contributed by atoms with E-state index in [4.69, 9.17) is 9.47 Å². The fourth-order valence-corrected chi connectivity index (χ4v) is 3.32. The van der Waals surface area contributed by atoms with Crippen LogP contribution in [0.1, 0.15) is 37.4 Å². The molecule has 2 atom stereocenters. The van der Waals surface area contributed by atoms with E-state index in [1.807, 2.05) is 40.8 Å². The molecule has 1 aromatic heterocycles. The summed E-state index contributed by atoms with van der Waals surface area (Å²) >= 11 is 0. The van der Waals surface area contributed by atoms with E-state index in [0.29, 0.717) is 0 Å². The summed E-state index contributed by atoms with van der Waals surface area (Å²) in [5.41, 5.74) is 1.00. The molecule has 0 N–H and O–H groups in total. The number of aromatic nitrogens is 2. The Morgan fingerprint density at radius 2 is 2.17 bits per heavy atom. The molecule has 2 heterocycles. The third-order valence-electron chi connectivity index (χ3n) is 4.66. The summed E-state index contributed by atoms with van der Waals surface area (Å²) in [5, 5.41) is 0. The molecule has 6 heteroatoms. The zero-order chi connectivity index (χ0) is 17.1. The van der Waals surface area contributed by atoms with E-state index in [1.165, 1.54) is 0 Å². The zero-order valence-corrected chi connectivity index (χ0v) is 14.3. The van der Waals surface area contributed by atoms with Crippen LogP contribution in [0.4, 0.5) is 0 Å². The minimum absolute atomic E-state index is 0.00789. The van der Waals surface area contributed by atoms with Gasteiger partial charge in [0.25, 0.3) is 0 Å². The van der Waals surface area contributed by atoms with Crippen molar-refractivity contribution < 1.29 is 14.3 Å². The molecule has 0 radical (unpaired) electrons. The Hall–Kier alpha value is -2.50. The summed E-state index contributed by atoms with van der Waals surface area (Å²) in [6, 6.07) is 5.47. The van der Waals surface area contributed by atoms with Gasteiger partial charge in [-0.2, -0.15) is 0 Å². The van der Waals surface area contributed by atoms with Crippen molar-refractivity contribution >= 4 is 5.91 Å². The number of benzene rings is 1. The molecule has 1 aliphatic rings. The van der Waals surface area contributed by atoms with Crippen LogP contribution in [0.2, 0.25) is 0 Å². The number of methoxy groups -OCH3 is 2. The number of nitrogens with zero attached hydrogens (tertiary/aromatic N) is 3. The quantitative estimate of drug-likeness (QED) is 0.846. The minimum Gasteiger partial charge on any atom is -0.497 e. The third kappa shape index (κ3) is 2.96. The van der Waals surface area contributed by atoms with Crippen molar-refractivity contribution in [3.63, 3.8) is 0 Å². The largest absolute Gasteiger partial charge is 0.497 e. The first-order valence-corrected chi connectivity index (χ1v) is 8.15. The predicted octanol–water partition coefficient (Wildman–Crippen LogP) is 2.83. The molecule has 1 amide bonds. The number of carbonyl (C=O) groups excluding carboxylic acids is 1. The van der Waals surface area contributed by atoms with Crippen molar-refractivity contribution in [1.82, 2.24) is 14.5 Å². The topological polar surface area (TPSA) is 56.6 Å². The summed E-state index contributed by atoms with van der Waals surface area (Å²) in [5.74, 6) is 1.66. The highest BCUT2D eigenvalue weighted by Gasteiger charge is 2.34. The molecule has 1 saturated heterocycles. The molecule has 0 aliphatic carbocycles. The van der Waals surface area contributed by atoms with Crippen molar-refractivity contribution in [1.29, 1.82) is 0 Å². The number of ether oxygens (including phenoxy) is 2. The second-order valence-electron chi connectivity index (χ2n) is 5.98. The van der Waals surface area contributed by atoms with Crippen LogP contribution < -0.4 is 9.47 Å². The average molecular weight is 329 g/mol. The van der Waals surface area contributed by atoms with Crippen LogP contribution in [0.5, 0.6) is 11.5 Å². The van der Waals surface area contributed by atoms with E-state index in [0.717, 1.165) is 36.4 Å². The zero-order valence-electron chi connectivity index (χ0n) is 14.3. The van der Waals surface area contributed by atoms with Crippen molar-refractivity contribution in [2.75, 3.05) is 20.8 Å². The molecule has 1 aromatic carbocycles. The Morgan fingerprint density at radius 1 is 1.33 bits per heavy atom. The standard InChI is InChI=1S/C18H23N3O3/c1-13(20-10-8-19-12-20)18(22)21-9-4-5-16(21)15-11-14(23-2)6-7-17(15)24-3/h6-8,10-13,16H,4-5,9H2,1-3H3/t13-,16+/m1/s1. The molecule has 0 saturated carbocycles. The Bertz CT molecular complexity index is 700. The first-order valence-electron chi connectivity index (χ1n) is 8.15. The molecule has 1 aliphatic heterocycles. The number of imidazole rings is 1. The van der Waals surface area contributed by atoms with Gasteiger partial charge in [-0.15, -0.1) is 0 Å². The fraction of sp³-hybridized carbons (Fsp3) is 0.444. The smallest absolute Gasteiger partial charge is 0.245 e. The van der Waals surface area contributed by atoms with Gasteiger partial charge in [-0.1, -0.05) is 0 Å². The third-order valence-corrected chi connectivity index (χ3v) is 4.66. The maximum absolute atomic E-state index is 13.0. The number of carbonyl (C=O) groups is 1. The Morgan fingerprint density at radius 3 is 2.83 bits per heavy atom. The van der Waals surface area contributed by atoms with Gasteiger partial charge in [-0.25, -0.2) is 4.98 Å². The first kappa shape index (κ1) is 16.4. The lowest BCUT2D eigenvalue weighted by molar-refractivity contribution is -0.135. The van der Waals surface area contributed by atoms with Gasteiger partial charge in [0.05, 0.1) is 26.6 Å². The maximum atomic E-state index is 13.0. The molecule has 0 bridgehead atoms. The van der Waals surface area contributed by atoms with Crippen LogP contribution in [0.25, 0.3) is 0 Å². The van der Waals surface area contributed by atoms with Crippen LogP contribution in [0.15, 0.2) is 36.9 Å². The Labute approximate surface area is 142 Å².